The topological polar surface area (TPSA) is 72.4 Å². The average Bonchev–Trinajstić information content (AvgIpc) is 2.94. The molecule has 3 rings (SSSR count). The second-order valence-corrected chi connectivity index (χ2v) is 7.22. The molecule has 2 heterocycles. The van der Waals surface area contributed by atoms with Crippen LogP contribution in [0.25, 0.3) is 11.5 Å². The van der Waals surface area contributed by atoms with E-state index in [0.717, 1.165) is 55.9 Å². The summed E-state index contributed by atoms with van der Waals surface area (Å²) in [5, 5.41) is 0.670. The minimum absolute atomic E-state index is 0.212. The number of carbonyl (C=O) groups is 1. The molecule has 5 nitrogen and oxygen atoms in total. The smallest absolute Gasteiger partial charge is 0.226 e. The molecule has 1 aromatic heterocycles. The van der Waals surface area contributed by atoms with Gasteiger partial charge in [0.2, 0.25) is 11.8 Å². The molecule has 0 bridgehead atoms. The Morgan fingerprint density at radius 3 is 3.08 bits per heavy atom. The molecule has 0 aliphatic carbocycles. The summed E-state index contributed by atoms with van der Waals surface area (Å²) in [5.74, 6) is 1.77. The van der Waals surface area contributed by atoms with E-state index >= 15 is 0 Å². The maximum Gasteiger partial charge on any atom is 0.226 e. The van der Waals surface area contributed by atoms with Crippen molar-refractivity contribution in [2.24, 2.45) is 11.7 Å². The van der Waals surface area contributed by atoms with Gasteiger partial charge in [-0.2, -0.15) is 0 Å². The van der Waals surface area contributed by atoms with Crippen LogP contribution >= 0.6 is 11.6 Å². The normalized spacial score (nSPS) is 18.4. The third kappa shape index (κ3) is 4.83. The number of rotatable bonds is 6. The van der Waals surface area contributed by atoms with Crippen molar-refractivity contribution in [2.75, 3.05) is 13.1 Å². The Balaban J connectivity index is 1.65. The molecule has 134 valence electrons. The predicted octanol–water partition coefficient (Wildman–Crippen LogP) is 3.78. The van der Waals surface area contributed by atoms with Crippen molar-refractivity contribution in [3.05, 3.63) is 40.7 Å². The van der Waals surface area contributed by atoms with Gasteiger partial charge < -0.3 is 10.2 Å². The van der Waals surface area contributed by atoms with Crippen LogP contribution in [0.2, 0.25) is 5.02 Å². The molecule has 1 atom stereocenters. The van der Waals surface area contributed by atoms with Crippen molar-refractivity contribution in [3.8, 4) is 11.5 Å². The molecule has 0 radical (unpaired) electrons. The Hall–Kier alpha value is -1.85. The average molecular weight is 362 g/mol. The number of aryl methyl sites for hydroxylation is 1. The van der Waals surface area contributed by atoms with E-state index in [1.54, 1.807) is 0 Å². The fourth-order valence-corrected chi connectivity index (χ4v) is 3.60. The Morgan fingerprint density at radius 2 is 2.32 bits per heavy atom. The fraction of sp³-hybridized carbons (Fsp3) is 0.474. The van der Waals surface area contributed by atoms with Crippen LogP contribution in [0.3, 0.4) is 0 Å². The third-order valence-electron chi connectivity index (χ3n) is 4.74. The number of nitrogens with zero attached hydrogens (tertiary/aromatic N) is 2. The number of oxazole rings is 1. The molecular weight excluding hydrogens is 338 g/mol. The number of amides is 1. The Labute approximate surface area is 153 Å². The summed E-state index contributed by atoms with van der Waals surface area (Å²) in [6.45, 7) is 4.74. The molecule has 2 N–H and O–H groups in total. The first kappa shape index (κ1) is 18.0. The minimum Gasteiger partial charge on any atom is -0.441 e. The van der Waals surface area contributed by atoms with E-state index in [2.05, 4.69) is 9.88 Å². The lowest BCUT2D eigenvalue weighted by Gasteiger charge is -2.32. The summed E-state index contributed by atoms with van der Waals surface area (Å²) in [5.41, 5.74) is 7.12. The van der Waals surface area contributed by atoms with Gasteiger partial charge in [0.15, 0.2) is 0 Å². The zero-order valence-corrected chi connectivity index (χ0v) is 15.3. The quantitative estimate of drug-likeness (QED) is 0.849. The minimum atomic E-state index is -0.212. The number of hydrogen-bond donors (Lipinski definition) is 1. The summed E-state index contributed by atoms with van der Waals surface area (Å²) >= 11 is 6.05. The van der Waals surface area contributed by atoms with Gasteiger partial charge in [-0.05, 0) is 56.8 Å². The van der Waals surface area contributed by atoms with E-state index in [0.29, 0.717) is 23.3 Å². The number of primary amides is 1. The SMILES string of the molecule is Cc1oc(-c2cccc(Cl)c2)nc1CN1CCC[C@@H](CCC(N)=O)C1. The molecule has 1 fully saturated rings. The number of aromatic nitrogens is 1. The maximum absolute atomic E-state index is 11.0. The van der Waals surface area contributed by atoms with E-state index in [1.165, 1.54) is 0 Å². The van der Waals surface area contributed by atoms with Crippen LogP contribution < -0.4 is 5.73 Å². The molecule has 6 heteroatoms. The number of halogens is 1. The van der Waals surface area contributed by atoms with E-state index in [-0.39, 0.29) is 5.91 Å². The monoisotopic (exact) mass is 361 g/mol. The van der Waals surface area contributed by atoms with Gasteiger partial charge in [-0.25, -0.2) is 4.98 Å². The molecule has 1 aliphatic heterocycles. The Bertz CT molecular complexity index is 744. The van der Waals surface area contributed by atoms with Crippen LogP contribution in [0.15, 0.2) is 28.7 Å². The molecule has 1 aliphatic rings. The molecular formula is C19H24ClN3O2. The van der Waals surface area contributed by atoms with Crippen molar-refractivity contribution in [1.29, 1.82) is 0 Å². The summed E-state index contributed by atoms with van der Waals surface area (Å²) in [6, 6.07) is 7.53. The van der Waals surface area contributed by atoms with Gasteiger partial charge in [0.25, 0.3) is 0 Å². The molecule has 25 heavy (non-hydrogen) atoms. The van der Waals surface area contributed by atoms with Crippen molar-refractivity contribution >= 4 is 17.5 Å². The van der Waals surface area contributed by atoms with Crippen molar-refractivity contribution in [1.82, 2.24) is 9.88 Å². The van der Waals surface area contributed by atoms with Crippen molar-refractivity contribution < 1.29 is 9.21 Å². The standard InChI is InChI=1S/C19H24ClN3O2/c1-13-17(22-19(25-13)15-5-2-6-16(20)10-15)12-23-9-3-4-14(11-23)7-8-18(21)24/h2,5-6,10,14H,3-4,7-9,11-12H2,1H3,(H2,21,24)/t14-/m0/s1. The lowest BCUT2D eigenvalue weighted by atomic mass is 9.93. The maximum atomic E-state index is 11.0. The first-order chi connectivity index (χ1) is 12.0. The van der Waals surface area contributed by atoms with Gasteiger partial charge in [0.05, 0.1) is 5.69 Å². The van der Waals surface area contributed by atoms with Crippen LogP contribution in [-0.4, -0.2) is 28.9 Å². The molecule has 1 saturated heterocycles. The van der Waals surface area contributed by atoms with Gasteiger partial charge in [-0.1, -0.05) is 17.7 Å². The van der Waals surface area contributed by atoms with Gasteiger partial charge in [-0.3, -0.25) is 9.69 Å². The highest BCUT2D eigenvalue weighted by Gasteiger charge is 2.22. The molecule has 1 amide bonds. The number of benzene rings is 1. The third-order valence-corrected chi connectivity index (χ3v) is 4.97. The highest BCUT2D eigenvalue weighted by molar-refractivity contribution is 6.30. The van der Waals surface area contributed by atoms with Crippen molar-refractivity contribution in [3.63, 3.8) is 0 Å². The van der Waals surface area contributed by atoms with E-state index in [1.807, 2.05) is 31.2 Å². The molecule has 0 unspecified atom stereocenters. The molecule has 0 spiro atoms. The van der Waals surface area contributed by atoms with Crippen molar-refractivity contribution in [2.45, 2.75) is 39.2 Å². The zero-order valence-electron chi connectivity index (χ0n) is 14.5. The van der Waals surface area contributed by atoms with Gasteiger partial charge in [-0.15, -0.1) is 0 Å². The summed E-state index contributed by atoms with van der Waals surface area (Å²) < 4.78 is 5.85. The van der Waals surface area contributed by atoms with Gasteiger partial charge in [0, 0.05) is 30.1 Å². The van der Waals surface area contributed by atoms with Gasteiger partial charge in [0.1, 0.15) is 5.76 Å². The molecule has 1 aromatic carbocycles. The number of nitrogens with two attached hydrogens (primary N) is 1. The van der Waals surface area contributed by atoms with Crippen LogP contribution in [0.5, 0.6) is 0 Å². The molecule has 2 aromatic rings. The lowest BCUT2D eigenvalue weighted by molar-refractivity contribution is -0.118. The van der Waals surface area contributed by atoms with Crippen LogP contribution in [0.4, 0.5) is 0 Å². The summed E-state index contributed by atoms with van der Waals surface area (Å²) in [7, 11) is 0. The first-order valence-electron chi connectivity index (χ1n) is 8.74. The second kappa shape index (κ2) is 8.02. The van der Waals surface area contributed by atoms with Crippen LogP contribution in [-0.2, 0) is 11.3 Å². The van der Waals surface area contributed by atoms with Crippen LogP contribution in [0, 0.1) is 12.8 Å². The number of piperidine rings is 1. The zero-order chi connectivity index (χ0) is 17.8. The van der Waals surface area contributed by atoms with E-state index < -0.39 is 0 Å². The highest BCUT2D eigenvalue weighted by atomic mass is 35.5. The molecule has 0 saturated carbocycles. The van der Waals surface area contributed by atoms with E-state index in [4.69, 9.17) is 21.8 Å². The Morgan fingerprint density at radius 1 is 1.48 bits per heavy atom. The Kier molecular flexibility index (Phi) is 5.76. The van der Waals surface area contributed by atoms with Gasteiger partial charge >= 0.3 is 0 Å². The first-order valence-corrected chi connectivity index (χ1v) is 9.12. The second-order valence-electron chi connectivity index (χ2n) is 6.78. The summed E-state index contributed by atoms with van der Waals surface area (Å²) in [4.78, 5) is 18.1. The van der Waals surface area contributed by atoms with E-state index in [9.17, 15) is 4.79 Å². The fourth-order valence-electron chi connectivity index (χ4n) is 3.41. The number of carbonyl (C=O) groups excluding carboxylic acids is 1. The number of hydrogen-bond acceptors (Lipinski definition) is 4. The lowest BCUT2D eigenvalue weighted by Crippen LogP contribution is -2.35. The highest BCUT2D eigenvalue weighted by Crippen LogP contribution is 2.27. The predicted molar refractivity (Wildman–Crippen MR) is 98.1 cm³/mol. The largest absolute Gasteiger partial charge is 0.441 e. The van der Waals surface area contributed by atoms with Crippen LogP contribution in [0.1, 0.15) is 37.1 Å². The number of likely N-dealkylation sites (tertiary alicyclic amines) is 1. The summed E-state index contributed by atoms with van der Waals surface area (Å²) in [6.07, 6.45) is 3.65.